The lowest BCUT2D eigenvalue weighted by molar-refractivity contribution is 0.0828. The molecule has 0 bridgehead atoms. The molecule has 1 aliphatic rings. The summed E-state index contributed by atoms with van der Waals surface area (Å²) >= 11 is 0. The summed E-state index contributed by atoms with van der Waals surface area (Å²) in [7, 11) is 5.27. The number of hydrogen-bond donors (Lipinski definition) is 0. The molecule has 0 aliphatic carbocycles. The highest BCUT2D eigenvalue weighted by Gasteiger charge is 2.29. The predicted octanol–water partition coefficient (Wildman–Crippen LogP) is 3.65. The van der Waals surface area contributed by atoms with E-state index in [1.165, 1.54) is 17.2 Å². The zero-order chi connectivity index (χ0) is 22.8. The maximum atomic E-state index is 13.4. The summed E-state index contributed by atoms with van der Waals surface area (Å²) in [6.45, 7) is 9.27. The molecule has 0 unspecified atom stereocenters. The number of aromatic nitrogens is 4. The molecule has 4 rings (SSSR count). The molecule has 8 nitrogen and oxygen atoms in total. The third-order valence-electron chi connectivity index (χ3n) is 5.86. The SMILES string of the molecule is [C-]#[N+]c1c(C(=O)N(C)C)ccc(-c2ccc(F)nc2)c1N1CCC(c2nncn2C)CC1. The van der Waals surface area contributed by atoms with Gasteiger partial charge in [0.1, 0.15) is 12.2 Å². The van der Waals surface area contributed by atoms with Crippen LogP contribution in [0.3, 0.4) is 0 Å². The Morgan fingerprint density at radius 3 is 2.53 bits per heavy atom. The molecule has 1 fully saturated rings. The van der Waals surface area contributed by atoms with Crippen molar-refractivity contribution < 1.29 is 9.18 Å². The molecule has 1 saturated heterocycles. The number of carbonyl (C=O) groups is 1. The van der Waals surface area contributed by atoms with Gasteiger partial charge >= 0.3 is 0 Å². The number of rotatable bonds is 4. The van der Waals surface area contributed by atoms with E-state index >= 15 is 0 Å². The molecule has 0 N–H and O–H groups in total. The van der Waals surface area contributed by atoms with E-state index in [0.717, 1.165) is 24.2 Å². The highest BCUT2D eigenvalue weighted by Crippen LogP contribution is 2.43. The molecule has 32 heavy (non-hydrogen) atoms. The third kappa shape index (κ3) is 3.91. The lowest BCUT2D eigenvalue weighted by atomic mass is 9.93. The molecule has 0 radical (unpaired) electrons. The Hall–Kier alpha value is -3.80. The molecule has 0 spiro atoms. The number of pyridine rings is 1. The second-order valence-electron chi connectivity index (χ2n) is 8.10. The van der Waals surface area contributed by atoms with Crippen molar-refractivity contribution in [2.45, 2.75) is 18.8 Å². The van der Waals surface area contributed by atoms with E-state index in [0.29, 0.717) is 35.6 Å². The molecule has 3 heterocycles. The molecule has 1 aliphatic heterocycles. The van der Waals surface area contributed by atoms with Crippen molar-refractivity contribution in [2.24, 2.45) is 7.05 Å². The van der Waals surface area contributed by atoms with Crippen molar-refractivity contribution in [3.8, 4) is 11.1 Å². The number of hydrogen-bond acceptors (Lipinski definition) is 5. The number of nitrogens with zero attached hydrogens (tertiary/aromatic N) is 7. The van der Waals surface area contributed by atoms with Gasteiger partial charge in [-0.15, -0.1) is 10.2 Å². The Bertz CT molecular complexity index is 1170. The number of carbonyl (C=O) groups excluding carboxylic acids is 1. The number of halogens is 1. The van der Waals surface area contributed by atoms with Crippen LogP contribution in [0.15, 0.2) is 36.8 Å². The summed E-state index contributed by atoms with van der Waals surface area (Å²) in [6.07, 6.45) is 4.85. The quantitative estimate of drug-likeness (QED) is 0.464. The fraction of sp³-hybridized carbons (Fsp3) is 0.348. The zero-order valence-electron chi connectivity index (χ0n) is 18.3. The van der Waals surface area contributed by atoms with Gasteiger partial charge in [-0.2, -0.15) is 4.39 Å². The Kier molecular flexibility index (Phi) is 5.86. The third-order valence-corrected chi connectivity index (χ3v) is 5.86. The number of amides is 1. The van der Waals surface area contributed by atoms with Crippen molar-refractivity contribution >= 4 is 17.3 Å². The average Bonchev–Trinajstić information content (AvgIpc) is 3.24. The van der Waals surface area contributed by atoms with E-state index in [2.05, 4.69) is 24.9 Å². The fourth-order valence-corrected chi connectivity index (χ4v) is 4.22. The number of benzene rings is 1. The van der Waals surface area contributed by atoms with Crippen LogP contribution in [0.25, 0.3) is 16.0 Å². The van der Waals surface area contributed by atoms with Crippen molar-refractivity contribution in [2.75, 3.05) is 32.1 Å². The van der Waals surface area contributed by atoms with Gasteiger partial charge in [0.15, 0.2) is 0 Å². The topological polar surface area (TPSA) is 71.5 Å². The standard InChI is InChI=1S/C23H24FN7O/c1-25-20-18(23(32)29(2)3)7-6-17(16-5-8-19(24)26-13-16)21(20)31-11-9-15(10-12-31)22-28-27-14-30(22)4/h5-8,13-15H,9-12H2,2-4H3. The van der Waals surface area contributed by atoms with E-state index in [4.69, 9.17) is 6.57 Å². The number of anilines is 1. The summed E-state index contributed by atoms with van der Waals surface area (Å²) in [5, 5.41) is 8.24. The second-order valence-corrected chi connectivity index (χ2v) is 8.10. The Morgan fingerprint density at radius 2 is 1.97 bits per heavy atom. The van der Waals surface area contributed by atoms with Crippen LogP contribution in [-0.4, -0.2) is 57.7 Å². The Labute approximate surface area is 186 Å². The van der Waals surface area contributed by atoms with Crippen molar-refractivity contribution in [3.05, 3.63) is 65.5 Å². The summed E-state index contributed by atoms with van der Waals surface area (Å²) in [4.78, 5) is 23.9. The van der Waals surface area contributed by atoms with Gasteiger partial charge in [0.2, 0.25) is 17.5 Å². The van der Waals surface area contributed by atoms with Gasteiger partial charge in [0, 0.05) is 57.5 Å². The maximum absolute atomic E-state index is 13.4. The molecule has 2 aromatic heterocycles. The van der Waals surface area contributed by atoms with Gasteiger partial charge in [-0.25, -0.2) is 9.83 Å². The number of piperidine rings is 1. The molecule has 9 heteroatoms. The molecule has 3 aromatic rings. The summed E-state index contributed by atoms with van der Waals surface area (Å²) < 4.78 is 15.4. The van der Waals surface area contributed by atoms with Crippen molar-refractivity contribution in [1.82, 2.24) is 24.6 Å². The van der Waals surface area contributed by atoms with Crippen LogP contribution >= 0.6 is 0 Å². The Morgan fingerprint density at radius 1 is 1.22 bits per heavy atom. The van der Waals surface area contributed by atoms with Crippen LogP contribution in [0, 0.1) is 12.5 Å². The average molecular weight is 433 g/mol. The van der Waals surface area contributed by atoms with Crippen LogP contribution < -0.4 is 4.90 Å². The summed E-state index contributed by atoms with van der Waals surface area (Å²) in [5.41, 5.74) is 2.82. The predicted molar refractivity (Wildman–Crippen MR) is 119 cm³/mol. The maximum Gasteiger partial charge on any atom is 0.242 e. The van der Waals surface area contributed by atoms with Gasteiger partial charge in [0.05, 0.1) is 12.3 Å². The first-order chi connectivity index (χ1) is 15.4. The minimum absolute atomic E-state index is 0.227. The van der Waals surface area contributed by atoms with Crippen LogP contribution in [0.4, 0.5) is 15.8 Å². The van der Waals surface area contributed by atoms with Crippen LogP contribution in [0.2, 0.25) is 0 Å². The first-order valence-corrected chi connectivity index (χ1v) is 10.4. The van der Waals surface area contributed by atoms with Crippen LogP contribution in [0.5, 0.6) is 0 Å². The second kappa shape index (κ2) is 8.75. The van der Waals surface area contributed by atoms with E-state index in [1.54, 1.807) is 32.6 Å². The van der Waals surface area contributed by atoms with Crippen LogP contribution in [0.1, 0.15) is 34.9 Å². The van der Waals surface area contributed by atoms with Crippen LogP contribution in [-0.2, 0) is 7.05 Å². The van der Waals surface area contributed by atoms with Gasteiger partial charge < -0.3 is 14.4 Å². The molecule has 1 amide bonds. The van der Waals surface area contributed by atoms with Crippen molar-refractivity contribution in [1.29, 1.82) is 0 Å². The minimum Gasteiger partial charge on any atom is -0.380 e. The highest BCUT2D eigenvalue weighted by atomic mass is 19.1. The van der Waals surface area contributed by atoms with Gasteiger partial charge in [-0.05, 0) is 30.5 Å². The monoisotopic (exact) mass is 433 g/mol. The zero-order valence-corrected chi connectivity index (χ0v) is 18.3. The largest absolute Gasteiger partial charge is 0.380 e. The van der Waals surface area contributed by atoms with Gasteiger partial charge in [0.25, 0.3) is 0 Å². The smallest absolute Gasteiger partial charge is 0.242 e. The number of aryl methyl sites for hydroxylation is 1. The lowest BCUT2D eigenvalue weighted by Crippen LogP contribution is -2.34. The Balaban J connectivity index is 1.77. The first kappa shape index (κ1) is 21.4. The molecule has 0 atom stereocenters. The van der Waals surface area contributed by atoms with Gasteiger partial charge in [-0.1, -0.05) is 12.1 Å². The fourth-order valence-electron chi connectivity index (χ4n) is 4.22. The molecular weight excluding hydrogens is 409 g/mol. The highest BCUT2D eigenvalue weighted by molar-refractivity contribution is 6.05. The molecular formula is C23H24FN7O. The molecule has 1 aromatic carbocycles. The summed E-state index contributed by atoms with van der Waals surface area (Å²) in [5.74, 6) is 0.437. The van der Waals surface area contributed by atoms with Gasteiger partial charge in [-0.3, -0.25) is 4.79 Å². The normalized spacial score (nSPS) is 14.3. The van der Waals surface area contributed by atoms with E-state index in [9.17, 15) is 9.18 Å². The van der Waals surface area contributed by atoms with Crippen molar-refractivity contribution in [3.63, 3.8) is 0 Å². The first-order valence-electron chi connectivity index (χ1n) is 10.4. The van der Waals surface area contributed by atoms with E-state index in [1.807, 2.05) is 17.7 Å². The lowest BCUT2D eigenvalue weighted by Gasteiger charge is -2.35. The van der Waals surface area contributed by atoms with E-state index < -0.39 is 5.95 Å². The van der Waals surface area contributed by atoms with E-state index in [-0.39, 0.29) is 11.8 Å². The minimum atomic E-state index is -0.565. The summed E-state index contributed by atoms with van der Waals surface area (Å²) in [6, 6.07) is 6.44. The molecule has 0 saturated carbocycles. The molecule has 164 valence electrons.